The quantitative estimate of drug-likeness (QED) is 0.567. The van der Waals surface area contributed by atoms with Crippen LogP contribution < -0.4 is 19.5 Å². The summed E-state index contributed by atoms with van der Waals surface area (Å²) in [6.45, 7) is 0.645. The van der Waals surface area contributed by atoms with Crippen molar-refractivity contribution >= 4 is 12.0 Å². The Kier molecular flexibility index (Phi) is 9.05. The maximum Gasteiger partial charge on any atom is 0.243 e. The van der Waals surface area contributed by atoms with Crippen molar-refractivity contribution < 1.29 is 24.1 Å². The van der Waals surface area contributed by atoms with Gasteiger partial charge in [0.25, 0.3) is 0 Å². The fourth-order valence-corrected chi connectivity index (χ4v) is 3.16. The van der Waals surface area contributed by atoms with E-state index in [0.29, 0.717) is 30.2 Å². The zero-order valence-electron chi connectivity index (χ0n) is 17.2. The molecule has 1 amide bonds. The van der Waals surface area contributed by atoms with E-state index in [1.165, 1.54) is 11.6 Å². The lowest BCUT2D eigenvalue weighted by molar-refractivity contribution is -0.116. The van der Waals surface area contributed by atoms with Crippen molar-refractivity contribution in [2.24, 2.45) is 0 Å². The van der Waals surface area contributed by atoms with Gasteiger partial charge in [-0.05, 0) is 48.1 Å². The molecule has 0 bridgehead atoms. The van der Waals surface area contributed by atoms with Crippen LogP contribution in [-0.2, 0) is 4.79 Å². The van der Waals surface area contributed by atoms with Crippen molar-refractivity contribution in [3.63, 3.8) is 0 Å². The van der Waals surface area contributed by atoms with Crippen LogP contribution in [0.3, 0.4) is 0 Å². The van der Waals surface area contributed by atoms with E-state index in [2.05, 4.69) is 5.32 Å². The lowest BCUT2D eigenvalue weighted by Gasteiger charge is -2.16. The number of carbonyl (C=O) groups is 1. The summed E-state index contributed by atoms with van der Waals surface area (Å²) in [6, 6.07) is 13.6. The fraction of sp³-hybridized carbons (Fsp3) is 0.348. The van der Waals surface area contributed by atoms with Crippen molar-refractivity contribution in [3.05, 3.63) is 59.7 Å². The molecule has 0 saturated carbocycles. The number of benzene rings is 2. The number of hydrogen-bond donors (Lipinski definition) is 2. The summed E-state index contributed by atoms with van der Waals surface area (Å²) in [5, 5.41) is 12.2. The van der Waals surface area contributed by atoms with Crippen molar-refractivity contribution in [2.45, 2.75) is 18.8 Å². The molecule has 2 aromatic carbocycles. The van der Waals surface area contributed by atoms with Gasteiger partial charge in [0.15, 0.2) is 11.5 Å². The minimum atomic E-state index is -0.186. The van der Waals surface area contributed by atoms with Gasteiger partial charge in [0.2, 0.25) is 11.7 Å². The number of methoxy groups -OCH3 is 3. The molecule has 0 aliphatic heterocycles. The van der Waals surface area contributed by atoms with Crippen LogP contribution in [0.1, 0.15) is 29.9 Å². The van der Waals surface area contributed by atoms with Gasteiger partial charge < -0.3 is 24.6 Å². The second-order valence-corrected chi connectivity index (χ2v) is 6.49. The van der Waals surface area contributed by atoms with Gasteiger partial charge in [-0.25, -0.2) is 0 Å². The van der Waals surface area contributed by atoms with E-state index in [9.17, 15) is 9.90 Å². The summed E-state index contributed by atoms with van der Waals surface area (Å²) in [7, 11) is 4.64. The number of hydrogen-bond acceptors (Lipinski definition) is 5. The van der Waals surface area contributed by atoms with Crippen LogP contribution in [0.4, 0.5) is 0 Å². The van der Waals surface area contributed by atoms with Gasteiger partial charge in [0.05, 0.1) is 21.3 Å². The first-order valence-corrected chi connectivity index (χ1v) is 9.54. The Morgan fingerprint density at radius 3 is 2.24 bits per heavy atom. The van der Waals surface area contributed by atoms with Gasteiger partial charge >= 0.3 is 0 Å². The SMILES string of the molecule is COc1cc(/C=C/C(=O)NCCC(CCO)c2ccccc2)cc(OC)c1OC. The van der Waals surface area contributed by atoms with Crippen LogP contribution in [-0.4, -0.2) is 45.5 Å². The van der Waals surface area contributed by atoms with E-state index in [0.717, 1.165) is 12.0 Å². The first-order valence-electron chi connectivity index (χ1n) is 9.54. The van der Waals surface area contributed by atoms with Crippen LogP contribution in [0, 0.1) is 0 Å². The van der Waals surface area contributed by atoms with E-state index >= 15 is 0 Å². The third kappa shape index (κ3) is 6.54. The second-order valence-electron chi connectivity index (χ2n) is 6.49. The summed E-state index contributed by atoms with van der Waals surface area (Å²) < 4.78 is 15.9. The monoisotopic (exact) mass is 399 g/mol. The van der Waals surface area contributed by atoms with Gasteiger partial charge in [0, 0.05) is 19.2 Å². The Morgan fingerprint density at radius 1 is 1.03 bits per heavy atom. The highest BCUT2D eigenvalue weighted by atomic mass is 16.5. The average Bonchev–Trinajstić information content (AvgIpc) is 2.76. The Balaban J connectivity index is 1.95. The molecule has 156 valence electrons. The van der Waals surface area contributed by atoms with Crippen molar-refractivity contribution in [1.29, 1.82) is 0 Å². The first kappa shape index (κ1) is 22.3. The number of aliphatic hydroxyl groups is 1. The Hall–Kier alpha value is -2.99. The van der Waals surface area contributed by atoms with E-state index < -0.39 is 0 Å². The van der Waals surface area contributed by atoms with E-state index in [4.69, 9.17) is 14.2 Å². The van der Waals surface area contributed by atoms with Crippen LogP contribution >= 0.6 is 0 Å². The second kappa shape index (κ2) is 11.8. The molecule has 0 aliphatic rings. The van der Waals surface area contributed by atoms with Crippen LogP contribution in [0.5, 0.6) is 17.2 Å². The largest absolute Gasteiger partial charge is 0.493 e. The van der Waals surface area contributed by atoms with Crippen LogP contribution in [0.15, 0.2) is 48.5 Å². The smallest absolute Gasteiger partial charge is 0.243 e. The molecule has 2 rings (SSSR count). The number of nitrogens with one attached hydrogen (secondary N) is 1. The minimum Gasteiger partial charge on any atom is -0.493 e. The van der Waals surface area contributed by atoms with E-state index in [1.54, 1.807) is 39.5 Å². The number of carbonyl (C=O) groups excluding carboxylic acids is 1. The van der Waals surface area contributed by atoms with Gasteiger partial charge in [-0.2, -0.15) is 0 Å². The van der Waals surface area contributed by atoms with Gasteiger partial charge in [-0.1, -0.05) is 30.3 Å². The first-order chi connectivity index (χ1) is 14.1. The van der Waals surface area contributed by atoms with Gasteiger partial charge in [0.1, 0.15) is 0 Å². The summed E-state index contributed by atoms with van der Waals surface area (Å²) in [5.74, 6) is 1.59. The lowest BCUT2D eigenvalue weighted by atomic mass is 9.93. The Labute approximate surface area is 172 Å². The summed E-state index contributed by atoms with van der Waals surface area (Å²) in [5.41, 5.74) is 1.93. The molecule has 1 unspecified atom stereocenters. The Morgan fingerprint density at radius 2 is 1.69 bits per heavy atom. The molecule has 6 nitrogen and oxygen atoms in total. The molecule has 6 heteroatoms. The van der Waals surface area contributed by atoms with Crippen LogP contribution in [0.2, 0.25) is 0 Å². The summed E-state index contributed by atoms with van der Waals surface area (Å²) >= 11 is 0. The molecule has 0 spiro atoms. The molecule has 29 heavy (non-hydrogen) atoms. The minimum absolute atomic E-state index is 0.120. The zero-order valence-corrected chi connectivity index (χ0v) is 17.2. The molecular weight excluding hydrogens is 370 g/mol. The maximum atomic E-state index is 12.2. The highest BCUT2D eigenvalue weighted by Crippen LogP contribution is 2.38. The predicted molar refractivity (Wildman–Crippen MR) is 114 cm³/mol. The number of ether oxygens (including phenoxy) is 3. The number of aliphatic hydroxyl groups excluding tert-OH is 1. The highest BCUT2D eigenvalue weighted by Gasteiger charge is 2.13. The number of amides is 1. The lowest BCUT2D eigenvalue weighted by Crippen LogP contribution is -2.23. The topological polar surface area (TPSA) is 77.0 Å². The Bertz CT molecular complexity index is 779. The van der Waals surface area contributed by atoms with Gasteiger partial charge in [-0.15, -0.1) is 0 Å². The van der Waals surface area contributed by atoms with E-state index in [-0.39, 0.29) is 18.4 Å². The van der Waals surface area contributed by atoms with Crippen molar-refractivity contribution in [1.82, 2.24) is 5.32 Å². The molecule has 0 heterocycles. The van der Waals surface area contributed by atoms with Gasteiger partial charge in [-0.3, -0.25) is 4.79 Å². The molecule has 0 saturated heterocycles. The molecule has 0 aromatic heterocycles. The standard InChI is InChI=1S/C23H29NO5/c1-27-20-15-17(16-21(28-2)23(20)29-3)9-10-22(26)24-13-11-19(12-14-25)18-7-5-4-6-8-18/h4-10,15-16,19,25H,11-14H2,1-3H3,(H,24,26)/b10-9+. The van der Waals surface area contributed by atoms with E-state index in [1.807, 2.05) is 30.3 Å². The molecule has 0 aliphatic carbocycles. The molecule has 2 N–H and O–H groups in total. The zero-order chi connectivity index (χ0) is 21.1. The molecule has 0 radical (unpaired) electrons. The third-order valence-electron chi connectivity index (χ3n) is 4.65. The molecule has 2 aromatic rings. The van der Waals surface area contributed by atoms with Crippen molar-refractivity contribution in [3.8, 4) is 17.2 Å². The average molecular weight is 399 g/mol. The predicted octanol–water partition coefficient (Wildman–Crippen LogP) is 3.40. The molecule has 0 fully saturated rings. The third-order valence-corrected chi connectivity index (χ3v) is 4.65. The molecule has 1 atom stereocenters. The molecular formula is C23H29NO5. The van der Waals surface area contributed by atoms with Crippen molar-refractivity contribution in [2.75, 3.05) is 34.5 Å². The van der Waals surface area contributed by atoms with Crippen LogP contribution in [0.25, 0.3) is 6.08 Å². The highest BCUT2D eigenvalue weighted by molar-refractivity contribution is 5.91. The summed E-state index contributed by atoms with van der Waals surface area (Å²) in [6.07, 6.45) is 4.60. The summed E-state index contributed by atoms with van der Waals surface area (Å²) in [4.78, 5) is 12.2. The normalized spacial score (nSPS) is 11.9. The fourth-order valence-electron chi connectivity index (χ4n) is 3.16. The maximum absolute atomic E-state index is 12.2. The number of rotatable bonds is 11.